The summed E-state index contributed by atoms with van der Waals surface area (Å²) in [4.78, 5) is 33.9. The maximum Gasteiger partial charge on any atom is 0.251 e. The second-order valence-corrected chi connectivity index (χ2v) is 8.98. The van der Waals surface area contributed by atoms with Gasteiger partial charge in [0.2, 0.25) is 0 Å². The number of pyridine rings is 2. The number of rotatable bonds is 10. The topological polar surface area (TPSA) is 84.0 Å². The molecule has 0 atom stereocenters. The van der Waals surface area contributed by atoms with Gasteiger partial charge in [0, 0.05) is 45.5 Å². The van der Waals surface area contributed by atoms with Crippen LogP contribution in [0.15, 0.2) is 24.3 Å². The second kappa shape index (κ2) is 12.9. The Hall–Kier alpha value is -0.840. The van der Waals surface area contributed by atoms with E-state index in [-0.39, 0.29) is 17.7 Å². The molecule has 2 N–H and O–H groups in total. The van der Waals surface area contributed by atoms with Gasteiger partial charge in [0.05, 0.1) is 22.8 Å². The molecule has 10 heteroatoms. The average Bonchev–Trinajstić information content (AvgIpc) is 2.79. The van der Waals surface area contributed by atoms with E-state index in [2.05, 4.69) is 84.3 Å². The lowest BCUT2D eigenvalue weighted by Crippen LogP contribution is -2.35. The largest absolute Gasteiger partial charge is 0.352 e. The van der Waals surface area contributed by atoms with Gasteiger partial charge < -0.3 is 10.6 Å². The van der Waals surface area contributed by atoms with Crippen molar-refractivity contribution < 1.29 is 9.59 Å². The molecule has 0 saturated carbocycles. The first-order valence-corrected chi connectivity index (χ1v) is 13.7. The number of hydrogen-bond acceptors (Lipinski definition) is 4. The van der Waals surface area contributed by atoms with Crippen LogP contribution in [-0.4, -0.2) is 34.9 Å². The van der Waals surface area contributed by atoms with Gasteiger partial charge in [-0.3, -0.25) is 19.6 Å². The molecule has 0 saturated heterocycles. The Morgan fingerprint density at radius 1 is 0.733 bits per heavy atom. The second-order valence-electron chi connectivity index (χ2n) is 6.74. The van der Waals surface area contributed by atoms with Gasteiger partial charge in [-0.15, -0.1) is 0 Å². The molecule has 0 fully saturated rings. The lowest BCUT2D eigenvalue weighted by atomic mass is 10.1. The molecule has 0 bridgehead atoms. The van der Waals surface area contributed by atoms with E-state index in [1.807, 2.05) is 6.92 Å². The fraction of sp³-hybridized carbons (Fsp3) is 0.400. The number of hydrogen-bond donors (Lipinski definition) is 2. The van der Waals surface area contributed by atoms with E-state index >= 15 is 0 Å². The minimum absolute atomic E-state index is 0.0687. The Labute approximate surface area is 209 Å². The van der Waals surface area contributed by atoms with Gasteiger partial charge in [-0.05, 0) is 30.2 Å². The molecule has 0 radical (unpaired) electrons. The number of aromatic nitrogens is 2. The fourth-order valence-corrected chi connectivity index (χ4v) is 3.79. The van der Waals surface area contributed by atoms with E-state index in [1.165, 1.54) is 0 Å². The van der Waals surface area contributed by atoms with Crippen molar-refractivity contribution >= 4 is 75.5 Å². The van der Waals surface area contributed by atoms with Gasteiger partial charge in [0.1, 0.15) is 0 Å². The first-order chi connectivity index (χ1) is 14.4. The summed E-state index contributed by atoms with van der Waals surface area (Å²) in [5.74, 6) is -0.241. The number of alkyl halides is 4. The third-order valence-corrected chi connectivity index (χ3v) is 6.46. The molecule has 2 rings (SSSR count). The van der Waals surface area contributed by atoms with Crippen molar-refractivity contribution in [3.8, 4) is 0 Å². The summed E-state index contributed by atoms with van der Waals surface area (Å²) in [5.41, 5.74) is 4.37. The summed E-state index contributed by atoms with van der Waals surface area (Å²) in [5, 5.41) is 8.19. The maximum absolute atomic E-state index is 12.5. The molecule has 0 aliphatic rings. The van der Waals surface area contributed by atoms with Crippen molar-refractivity contribution in [2.24, 2.45) is 5.92 Å². The molecule has 2 aromatic heterocycles. The lowest BCUT2D eigenvalue weighted by Gasteiger charge is -2.15. The quantitative estimate of drug-likeness (QED) is 0.355. The van der Waals surface area contributed by atoms with Crippen LogP contribution >= 0.6 is 63.7 Å². The van der Waals surface area contributed by atoms with Crippen molar-refractivity contribution in [2.45, 2.75) is 28.2 Å². The third kappa shape index (κ3) is 7.69. The molecule has 0 aliphatic carbocycles. The smallest absolute Gasteiger partial charge is 0.251 e. The number of halogens is 4. The normalized spacial score (nSPS) is 10.9. The highest BCUT2D eigenvalue weighted by atomic mass is 79.9. The zero-order valence-corrected chi connectivity index (χ0v) is 22.7. The van der Waals surface area contributed by atoms with Gasteiger partial charge in [0.25, 0.3) is 11.8 Å². The van der Waals surface area contributed by atoms with E-state index in [0.717, 1.165) is 22.8 Å². The first-order valence-electron chi connectivity index (χ1n) is 9.20. The van der Waals surface area contributed by atoms with Crippen LogP contribution in [0.4, 0.5) is 0 Å². The van der Waals surface area contributed by atoms with Crippen LogP contribution in [0.5, 0.6) is 0 Å². The van der Waals surface area contributed by atoms with Crippen molar-refractivity contribution in [3.63, 3.8) is 0 Å². The van der Waals surface area contributed by atoms with E-state index in [4.69, 9.17) is 0 Å². The summed E-state index contributed by atoms with van der Waals surface area (Å²) in [6, 6.07) is 7.09. The van der Waals surface area contributed by atoms with Gasteiger partial charge >= 0.3 is 0 Å². The Bertz CT molecular complexity index is 779. The molecule has 0 aliphatic heterocycles. The maximum atomic E-state index is 12.5. The number of carbonyl (C=O) groups excluding carboxylic acids is 2. The average molecular weight is 670 g/mol. The van der Waals surface area contributed by atoms with Crippen LogP contribution in [0.25, 0.3) is 0 Å². The Morgan fingerprint density at radius 3 is 1.30 bits per heavy atom. The van der Waals surface area contributed by atoms with E-state index in [9.17, 15) is 9.59 Å². The molecule has 2 amide bonds. The van der Waals surface area contributed by atoms with Gasteiger partial charge in [-0.25, -0.2) is 0 Å². The van der Waals surface area contributed by atoms with Crippen LogP contribution in [0.1, 0.15) is 50.4 Å². The van der Waals surface area contributed by atoms with Crippen LogP contribution in [0, 0.1) is 5.92 Å². The van der Waals surface area contributed by atoms with E-state index < -0.39 is 0 Å². The summed E-state index contributed by atoms with van der Waals surface area (Å²) in [6.07, 6.45) is 0. The van der Waals surface area contributed by atoms with E-state index in [1.54, 1.807) is 24.3 Å². The standard InChI is InChI=1S/C20H22Br4N4O2/c1-12(10-25-19(29)13-2-15(6-21)27-16(3-13)7-22)11-26-20(30)14-4-17(8-23)28-18(5-14)9-24/h2-5,12H,6-11H2,1H3,(H,25,29)(H,26,30). The third-order valence-electron chi connectivity index (χ3n) is 4.16. The molecule has 0 spiro atoms. The molecule has 0 aromatic carbocycles. The molecule has 0 unspecified atom stereocenters. The zero-order chi connectivity index (χ0) is 22.1. The van der Waals surface area contributed by atoms with Crippen LogP contribution in [-0.2, 0) is 21.3 Å². The van der Waals surface area contributed by atoms with Crippen LogP contribution in [0.3, 0.4) is 0 Å². The van der Waals surface area contributed by atoms with Crippen LogP contribution in [0.2, 0.25) is 0 Å². The molecule has 6 nitrogen and oxygen atoms in total. The lowest BCUT2D eigenvalue weighted by molar-refractivity contribution is 0.0941. The first kappa shape index (κ1) is 25.4. The molecule has 162 valence electrons. The summed E-state index contributed by atoms with van der Waals surface area (Å²) in [7, 11) is 0. The molecular weight excluding hydrogens is 648 g/mol. The summed E-state index contributed by atoms with van der Waals surface area (Å²) >= 11 is 13.5. The van der Waals surface area contributed by atoms with E-state index in [0.29, 0.717) is 45.5 Å². The minimum atomic E-state index is -0.155. The minimum Gasteiger partial charge on any atom is -0.352 e. The monoisotopic (exact) mass is 666 g/mol. The number of carbonyl (C=O) groups is 2. The number of amides is 2. The van der Waals surface area contributed by atoms with Crippen LogP contribution < -0.4 is 10.6 Å². The highest BCUT2D eigenvalue weighted by Gasteiger charge is 2.13. The van der Waals surface area contributed by atoms with Gasteiger partial charge in [-0.2, -0.15) is 0 Å². The van der Waals surface area contributed by atoms with Crippen molar-refractivity contribution in [2.75, 3.05) is 13.1 Å². The van der Waals surface area contributed by atoms with Crippen molar-refractivity contribution in [1.82, 2.24) is 20.6 Å². The summed E-state index contributed by atoms with van der Waals surface area (Å²) < 4.78 is 0. The van der Waals surface area contributed by atoms with Gasteiger partial charge in [-0.1, -0.05) is 70.6 Å². The summed E-state index contributed by atoms with van der Waals surface area (Å²) in [6.45, 7) is 2.87. The predicted octanol–water partition coefficient (Wildman–Crippen LogP) is 4.85. The molecular formula is C20H22Br4N4O2. The fourth-order valence-electron chi connectivity index (χ4n) is 2.65. The number of nitrogens with zero attached hydrogens (tertiary/aromatic N) is 2. The molecule has 30 heavy (non-hydrogen) atoms. The molecule has 2 aromatic rings. The highest BCUT2D eigenvalue weighted by Crippen LogP contribution is 2.13. The Morgan fingerprint density at radius 2 is 1.03 bits per heavy atom. The van der Waals surface area contributed by atoms with Crippen molar-refractivity contribution in [1.29, 1.82) is 0 Å². The predicted molar refractivity (Wildman–Crippen MR) is 133 cm³/mol. The SMILES string of the molecule is CC(CNC(=O)c1cc(CBr)nc(CBr)c1)CNC(=O)c1cc(CBr)nc(CBr)c1. The molecule has 2 heterocycles. The highest BCUT2D eigenvalue weighted by molar-refractivity contribution is 9.09. The van der Waals surface area contributed by atoms with Crippen molar-refractivity contribution in [3.05, 3.63) is 58.2 Å². The Balaban J connectivity index is 1.90. The number of nitrogens with one attached hydrogen (secondary N) is 2. The Kier molecular flexibility index (Phi) is 10.9. The zero-order valence-electron chi connectivity index (χ0n) is 16.4. The van der Waals surface area contributed by atoms with Gasteiger partial charge in [0.15, 0.2) is 0 Å².